The summed E-state index contributed by atoms with van der Waals surface area (Å²) >= 11 is 0. The molecule has 38 heavy (non-hydrogen) atoms. The second-order valence-electron chi connectivity index (χ2n) is 9.05. The molecule has 0 radical (unpaired) electrons. The smallest absolute Gasteiger partial charge is 0.302 e. The number of aryl methyl sites for hydroxylation is 2. The lowest BCUT2D eigenvalue weighted by atomic mass is 9.93. The zero-order valence-electron chi connectivity index (χ0n) is 21.7. The van der Waals surface area contributed by atoms with Gasteiger partial charge < -0.3 is 24.3 Å². The molecule has 1 unspecified atom stereocenters. The van der Waals surface area contributed by atoms with Gasteiger partial charge in [0.1, 0.15) is 23.0 Å². The Balaban J connectivity index is 1.77. The number of anilines is 1. The molecular weight excluding hydrogens is 486 g/mol. The number of rotatable bonds is 6. The molecule has 1 aliphatic rings. The van der Waals surface area contributed by atoms with Crippen LogP contribution in [0.4, 0.5) is 5.95 Å². The average molecular weight is 514 g/mol. The van der Waals surface area contributed by atoms with Crippen LogP contribution in [0.5, 0.6) is 17.2 Å². The van der Waals surface area contributed by atoms with Gasteiger partial charge in [-0.3, -0.25) is 14.5 Å². The maximum absolute atomic E-state index is 13.6. The number of ether oxygens (including phenoxy) is 3. The van der Waals surface area contributed by atoms with E-state index < -0.39 is 17.7 Å². The monoisotopic (exact) mass is 513 g/mol. The van der Waals surface area contributed by atoms with E-state index in [-0.39, 0.29) is 17.3 Å². The molecular formula is C29H27N3O6. The molecule has 0 spiro atoms. The fraction of sp³-hybridized carbons (Fsp3) is 0.207. The van der Waals surface area contributed by atoms with Gasteiger partial charge in [0.05, 0.1) is 49.5 Å². The number of fused-ring (bicyclic) bond motifs is 1. The second-order valence-corrected chi connectivity index (χ2v) is 9.05. The molecule has 0 saturated carbocycles. The maximum Gasteiger partial charge on any atom is 0.302 e. The standard InChI is InChI=1S/C29H27N3O6/c1-15-11-16(2)27(38-5)20(12-15)25(33)23-24(17-7-6-8-18(13-17)36-3)32(28(35)26(23)34)29-30-21-10-9-19(37-4)14-22(21)31-29/h6-14,24,33H,1-5H3,(H,30,31)/b25-23+. The Kier molecular flexibility index (Phi) is 6.28. The molecule has 2 heterocycles. The van der Waals surface area contributed by atoms with E-state index in [0.717, 1.165) is 11.1 Å². The van der Waals surface area contributed by atoms with Gasteiger partial charge in [0.15, 0.2) is 0 Å². The second kappa shape index (κ2) is 9.59. The van der Waals surface area contributed by atoms with Crippen molar-refractivity contribution in [1.82, 2.24) is 9.97 Å². The third-order valence-electron chi connectivity index (χ3n) is 6.64. The molecule has 5 rings (SSSR count). The van der Waals surface area contributed by atoms with Crippen LogP contribution in [-0.2, 0) is 9.59 Å². The van der Waals surface area contributed by atoms with Crippen LogP contribution in [0.2, 0.25) is 0 Å². The highest BCUT2D eigenvalue weighted by molar-refractivity contribution is 6.51. The predicted octanol–water partition coefficient (Wildman–Crippen LogP) is 4.83. The summed E-state index contributed by atoms with van der Waals surface area (Å²) in [4.78, 5) is 36.1. The van der Waals surface area contributed by atoms with Crippen molar-refractivity contribution in [3.63, 3.8) is 0 Å². The van der Waals surface area contributed by atoms with Crippen LogP contribution in [0, 0.1) is 13.8 Å². The average Bonchev–Trinajstić information content (AvgIpc) is 3.45. The van der Waals surface area contributed by atoms with Gasteiger partial charge in [0.2, 0.25) is 5.95 Å². The van der Waals surface area contributed by atoms with E-state index in [2.05, 4.69) is 9.97 Å². The van der Waals surface area contributed by atoms with Gasteiger partial charge >= 0.3 is 5.91 Å². The predicted molar refractivity (Wildman–Crippen MR) is 143 cm³/mol. The lowest BCUT2D eigenvalue weighted by Crippen LogP contribution is -2.30. The molecule has 0 aliphatic carbocycles. The van der Waals surface area contributed by atoms with Crippen LogP contribution < -0.4 is 19.1 Å². The largest absolute Gasteiger partial charge is 0.507 e. The number of nitrogens with zero attached hydrogens (tertiary/aromatic N) is 2. The zero-order chi connectivity index (χ0) is 27.1. The molecule has 1 aliphatic heterocycles. The van der Waals surface area contributed by atoms with Crippen molar-refractivity contribution in [3.05, 3.63) is 82.4 Å². The number of carbonyl (C=O) groups is 2. The van der Waals surface area contributed by atoms with Crippen LogP contribution in [0.15, 0.2) is 60.2 Å². The molecule has 3 aromatic carbocycles. The van der Waals surface area contributed by atoms with E-state index in [9.17, 15) is 14.7 Å². The highest BCUT2D eigenvalue weighted by atomic mass is 16.5. The van der Waals surface area contributed by atoms with Crippen LogP contribution in [-0.4, -0.2) is 48.1 Å². The number of hydrogen-bond acceptors (Lipinski definition) is 7. The van der Waals surface area contributed by atoms with E-state index in [0.29, 0.717) is 39.4 Å². The number of methoxy groups -OCH3 is 3. The fourth-order valence-electron chi connectivity index (χ4n) is 4.94. The molecule has 9 heteroatoms. The minimum Gasteiger partial charge on any atom is -0.507 e. The molecule has 0 bridgehead atoms. The van der Waals surface area contributed by atoms with Crippen LogP contribution in [0.3, 0.4) is 0 Å². The number of nitrogens with one attached hydrogen (secondary N) is 1. The first kappa shape index (κ1) is 24.9. The fourth-order valence-corrected chi connectivity index (χ4v) is 4.94. The van der Waals surface area contributed by atoms with Crippen molar-refractivity contribution in [2.24, 2.45) is 0 Å². The number of aromatic nitrogens is 2. The Morgan fingerprint density at radius 2 is 1.68 bits per heavy atom. The minimum absolute atomic E-state index is 0.0791. The van der Waals surface area contributed by atoms with Crippen molar-refractivity contribution in [1.29, 1.82) is 0 Å². The summed E-state index contributed by atoms with van der Waals surface area (Å²) in [6.45, 7) is 3.73. The van der Waals surface area contributed by atoms with Gasteiger partial charge in [-0.1, -0.05) is 18.2 Å². The molecule has 2 N–H and O–H groups in total. The molecule has 1 atom stereocenters. The summed E-state index contributed by atoms with van der Waals surface area (Å²) in [5.41, 5.74) is 3.67. The van der Waals surface area contributed by atoms with Crippen LogP contribution >= 0.6 is 0 Å². The minimum atomic E-state index is -0.988. The molecule has 1 aromatic heterocycles. The Bertz CT molecular complexity index is 1620. The van der Waals surface area contributed by atoms with Crippen molar-refractivity contribution in [2.75, 3.05) is 26.2 Å². The number of Topliss-reactive ketones (excluding diaryl/α,β-unsaturated/α-hetero) is 1. The summed E-state index contributed by atoms with van der Waals surface area (Å²) in [6, 6.07) is 14.9. The summed E-state index contributed by atoms with van der Waals surface area (Å²) in [7, 11) is 4.58. The number of amides is 1. The number of aliphatic hydroxyl groups excluding tert-OH is 1. The SMILES string of the molecule is COc1cccc(C2/C(=C(\O)c3cc(C)cc(C)c3OC)C(=O)C(=O)N2c2nc3ccc(OC)cc3[nH]2)c1. The first-order valence-corrected chi connectivity index (χ1v) is 11.9. The molecule has 9 nitrogen and oxygen atoms in total. The molecule has 1 saturated heterocycles. The van der Waals surface area contributed by atoms with Gasteiger partial charge in [-0.2, -0.15) is 0 Å². The van der Waals surface area contributed by atoms with E-state index in [4.69, 9.17) is 14.2 Å². The summed E-state index contributed by atoms with van der Waals surface area (Å²) in [5, 5.41) is 11.6. The lowest BCUT2D eigenvalue weighted by molar-refractivity contribution is -0.132. The van der Waals surface area contributed by atoms with Crippen LogP contribution in [0.1, 0.15) is 28.3 Å². The molecule has 1 amide bonds. The van der Waals surface area contributed by atoms with E-state index in [1.54, 1.807) is 55.6 Å². The lowest BCUT2D eigenvalue weighted by Gasteiger charge is -2.23. The van der Waals surface area contributed by atoms with E-state index in [1.807, 2.05) is 19.9 Å². The Morgan fingerprint density at radius 1 is 0.947 bits per heavy atom. The third-order valence-corrected chi connectivity index (χ3v) is 6.64. The van der Waals surface area contributed by atoms with Gasteiger partial charge in [-0.15, -0.1) is 0 Å². The number of hydrogen-bond donors (Lipinski definition) is 2. The Labute approximate surface area is 219 Å². The number of aliphatic hydroxyl groups is 1. The first-order valence-electron chi connectivity index (χ1n) is 11.9. The van der Waals surface area contributed by atoms with Gasteiger partial charge in [-0.05, 0) is 60.9 Å². The van der Waals surface area contributed by atoms with Gasteiger partial charge in [-0.25, -0.2) is 4.98 Å². The Hall–Kier alpha value is -4.79. The number of carbonyl (C=O) groups excluding carboxylic acids is 2. The Morgan fingerprint density at radius 3 is 2.39 bits per heavy atom. The first-order chi connectivity index (χ1) is 18.3. The third kappa shape index (κ3) is 4.02. The topological polar surface area (TPSA) is 114 Å². The molecule has 194 valence electrons. The van der Waals surface area contributed by atoms with Gasteiger partial charge in [0.25, 0.3) is 5.78 Å². The summed E-state index contributed by atoms with van der Waals surface area (Å²) < 4.78 is 16.3. The summed E-state index contributed by atoms with van der Waals surface area (Å²) in [5.74, 6) is -0.273. The number of benzene rings is 3. The van der Waals surface area contributed by atoms with E-state index >= 15 is 0 Å². The number of ketones is 1. The number of imidazole rings is 1. The van der Waals surface area contributed by atoms with Crippen molar-refractivity contribution in [3.8, 4) is 17.2 Å². The maximum atomic E-state index is 13.6. The van der Waals surface area contributed by atoms with Gasteiger partial charge in [0, 0.05) is 6.07 Å². The van der Waals surface area contributed by atoms with Crippen LogP contribution in [0.25, 0.3) is 16.8 Å². The summed E-state index contributed by atoms with van der Waals surface area (Å²) in [6.07, 6.45) is 0. The quantitative estimate of drug-likeness (QED) is 0.216. The van der Waals surface area contributed by atoms with Crippen molar-refractivity contribution < 1.29 is 28.9 Å². The van der Waals surface area contributed by atoms with Crippen molar-refractivity contribution >= 4 is 34.4 Å². The number of aromatic amines is 1. The normalized spacial score (nSPS) is 16.8. The zero-order valence-corrected chi connectivity index (χ0v) is 21.7. The number of H-pyrrole nitrogens is 1. The highest BCUT2D eigenvalue weighted by Gasteiger charge is 2.48. The highest BCUT2D eigenvalue weighted by Crippen LogP contribution is 2.44. The van der Waals surface area contributed by atoms with E-state index in [1.165, 1.54) is 19.1 Å². The molecule has 4 aromatic rings. The van der Waals surface area contributed by atoms with Crippen molar-refractivity contribution in [2.45, 2.75) is 19.9 Å². The molecule has 1 fully saturated rings.